The van der Waals surface area contributed by atoms with E-state index in [1.807, 2.05) is 0 Å². The molecule has 0 radical (unpaired) electrons. The fraction of sp³-hybridized carbons (Fsp3) is 1.00. The van der Waals surface area contributed by atoms with Crippen LogP contribution in [0.25, 0.3) is 0 Å². The van der Waals surface area contributed by atoms with E-state index < -0.39 is 0 Å². The van der Waals surface area contributed by atoms with Crippen LogP contribution in [0.15, 0.2) is 0 Å². The lowest BCUT2D eigenvalue weighted by atomic mass is 10.2. The first-order valence-electron chi connectivity index (χ1n) is 3.98. The van der Waals surface area contributed by atoms with Crippen molar-refractivity contribution >= 4 is 23.2 Å². The van der Waals surface area contributed by atoms with E-state index in [-0.39, 0.29) is 5.50 Å². The van der Waals surface area contributed by atoms with Gasteiger partial charge in [-0.15, -0.1) is 23.2 Å². The zero-order chi connectivity index (χ0) is 9.02. The van der Waals surface area contributed by atoms with Crippen molar-refractivity contribution < 1.29 is 0 Å². The van der Waals surface area contributed by atoms with Crippen LogP contribution in [-0.2, 0) is 0 Å². The molecule has 0 aromatic carbocycles. The lowest BCUT2D eigenvalue weighted by molar-refractivity contribution is 0.166. The number of nitrogens with zero attached hydrogens (tertiary/aromatic N) is 1. The normalized spacial score (nSPS) is 15.0. The summed E-state index contributed by atoms with van der Waals surface area (Å²) in [6.45, 7) is 8.51. The number of halogens is 2. The Morgan fingerprint density at radius 3 is 1.55 bits per heavy atom. The predicted octanol–water partition coefficient (Wildman–Crippen LogP) is 2.91. The van der Waals surface area contributed by atoms with Crippen molar-refractivity contribution in [2.75, 3.05) is 5.88 Å². The molecule has 1 unspecified atom stereocenters. The van der Waals surface area contributed by atoms with Crippen LogP contribution >= 0.6 is 23.2 Å². The summed E-state index contributed by atoms with van der Waals surface area (Å²) in [4.78, 5) is 2.19. The predicted molar refractivity (Wildman–Crippen MR) is 52.5 cm³/mol. The topological polar surface area (TPSA) is 3.24 Å². The average molecular weight is 198 g/mol. The highest BCUT2D eigenvalue weighted by Crippen LogP contribution is 2.14. The number of hydrogen-bond donors (Lipinski definition) is 0. The standard InChI is InChI=1S/C8H17Cl2N/c1-6(2)11(7(3)4)8(10)5-9/h6-8H,5H2,1-4H3. The molecule has 0 aliphatic carbocycles. The summed E-state index contributed by atoms with van der Waals surface area (Å²) < 4.78 is 0. The minimum absolute atomic E-state index is 0.0448. The highest BCUT2D eigenvalue weighted by Gasteiger charge is 2.20. The third-order valence-corrected chi connectivity index (χ3v) is 2.47. The van der Waals surface area contributed by atoms with Crippen molar-refractivity contribution in [3.8, 4) is 0 Å². The second-order valence-electron chi connectivity index (χ2n) is 3.22. The molecule has 0 aromatic rings. The van der Waals surface area contributed by atoms with Crippen LogP contribution in [0, 0.1) is 0 Å². The Morgan fingerprint density at radius 2 is 1.45 bits per heavy atom. The molecule has 0 aromatic heterocycles. The Labute approximate surface area is 79.7 Å². The molecule has 1 atom stereocenters. The quantitative estimate of drug-likeness (QED) is 0.496. The Balaban J connectivity index is 4.09. The number of alkyl halides is 2. The smallest absolute Gasteiger partial charge is 0.0991 e. The minimum atomic E-state index is -0.0448. The van der Waals surface area contributed by atoms with Crippen LogP contribution in [0.4, 0.5) is 0 Å². The van der Waals surface area contributed by atoms with Gasteiger partial charge in [0, 0.05) is 12.1 Å². The largest absolute Gasteiger partial charge is 0.282 e. The van der Waals surface area contributed by atoms with Gasteiger partial charge < -0.3 is 0 Å². The van der Waals surface area contributed by atoms with Crippen LogP contribution in [0.3, 0.4) is 0 Å². The van der Waals surface area contributed by atoms with Crippen molar-refractivity contribution in [2.45, 2.75) is 45.3 Å². The van der Waals surface area contributed by atoms with Crippen LogP contribution in [-0.4, -0.2) is 28.4 Å². The van der Waals surface area contributed by atoms with Crippen LogP contribution in [0.1, 0.15) is 27.7 Å². The highest BCUT2D eigenvalue weighted by molar-refractivity contribution is 6.27. The van der Waals surface area contributed by atoms with E-state index in [0.29, 0.717) is 18.0 Å². The molecule has 0 aliphatic heterocycles. The maximum absolute atomic E-state index is 6.02. The summed E-state index contributed by atoms with van der Waals surface area (Å²) in [7, 11) is 0. The molecule has 0 saturated carbocycles. The Hall–Kier alpha value is 0.540. The van der Waals surface area contributed by atoms with Crippen molar-refractivity contribution in [3.05, 3.63) is 0 Å². The van der Waals surface area contributed by atoms with E-state index in [0.717, 1.165) is 0 Å². The molecule has 0 rings (SSSR count). The van der Waals surface area contributed by atoms with Gasteiger partial charge in [0.15, 0.2) is 0 Å². The van der Waals surface area contributed by atoms with Crippen molar-refractivity contribution in [3.63, 3.8) is 0 Å². The summed E-state index contributed by atoms with van der Waals surface area (Å²) in [6.07, 6.45) is 0. The second-order valence-corrected chi connectivity index (χ2v) is 4.04. The molecular formula is C8H17Cl2N. The summed E-state index contributed by atoms with van der Waals surface area (Å²) >= 11 is 11.7. The van der Waals surface area contributed by atoms with Crippen molar-refractivity contribution in [1.29, 1.82) is 0 Å². The maximum Gasteiger partial charge on any atom is 0.0991 e. The van der Waals surface area contributed by atoms with Gasteiger partial charge in [0.1, 0.15) is 0 Å². The van der Waals surface area contributed by atoms with Crippen LogP contribution in [0.2, 0.25) is 0 Å². The van der Waals surface area contributed by atoms with Crippen molar-refractivity contribution in [1.82, 2.24) is 4.90 Å². The molecule has 0 fully saturated rings. The molecular weight excluding hydrogens is 181 g/mol. The Bertz CT molecular complexity index is 96.3. The molecule has 1 nitrogen and oxygen atoms in total. The van der Waals surface area contributed by atoms with Gasteiger partial charge in [-0.1, -0.05) is 0 Å². The molecule has 0 heterocycles. The van der Waals surface area contributed by atoms with Gasteiger partial charge in [0.2, 0.25) is 0 Å². The van der Waals surface area contributed by atoms with E-state index in [2.05, 4.69) is 32.6 Å². The monoisotopic (exact) mass is 197 g/mol. The molecule has 0 aliphatic rings. The summed E-state index contributed by atoms with van der Waals surface area (Å²) in [5.41, 5.74) is -0.0448. The van der Waals surface area contributed by atoms with Gasteiger partial charge in [0.05, 0.1) is 11.4 Å². The van der Waals surface area contributed by atoms with Gasteiger partial charge >= 0.3 is 0 Å². The van der Waals surface area contributed by atoms with Crippen molar-refractivity contribution in [2.24, 2.45) is 0 Å². The third-order valence-electron chi connectivity index (χ3n) is 1.64. The van der Waals surface area contributed by atoms with E-state index in [1.54, 1.807) is 0 Å². The lowest BCUT2D eigenvalue weighted by Gasteiger charge is -2.33. The van der Waals surface area contributed by atoms with E-state index >= 15 is 0 Å². The van der Waals surface area contributed by atoms with Gasteiger partial charge in [0.25, 0.3) is 0 Å². The molecule has 0 N–H and O–H groups in total. The van der Waals surface area contributed by atoms with E-state index in [4.69, 9.17) is 23.2 Å². The van der Waals surface area contributed by atoms with Crippen LogP contribution < -0.4 is 0 Å². The first kappa shape index (κ1) is 11.5. The first-order valence-corrected chi connectivity index (χ1v) is 4.95. The zero-order valence-electron chi connectivity index (χ0n) is 7.64. The fourth-order valence-electron chi connectivity index (χ4n) is 1.32. The zero-order valence-corrected chi connectivity index (χ0v) is 9.15. The molecule has 0 spiro atoms. The third kappa shape index (κ3) is 3.64. The van der Waals surface area contributed by atoms with E-state index in [1.165, 1.54) is 0 Å². The molecule has 0 saturated heterocycles. The Morgan fingerprint density at radius 1 is 1.09 bits per heavy atom. The van der Waals surface area contributed by atoms with Gasteiger partial charge in [-0.2, -0.15) is 0 Å². The number of hydrogen-bond acceptors (Lipinski definition) is 1. The van der Waals surface area contributed by atoms with Gasteiger partial charge in [-0.05, 0) is 27.7 Å². The Kier molecular flexibility index (Phi) is 5.49. The maximum atomic E-state index is 6.02. The van der Waals surface area contributed by atoms with E-state index in [9.17, 15) is 0 Å². The fourth-order valence-corrected chi connectivity index (χ4v) is 1.93. The SMILES string of the molecule is CC(C)N(C(C)C)C(Cl)CCl. The minimum Gasteiger partial charge on any atom is -0.282 e. The number of rotatable bonds is 4. The average Bonchev–Trinajstić information content (AvgIpc) is 1.85. The summed E-state index contributed by atoms with van der Waals surface area (Å²) in [5, 5.41) is 0. The first-order chi connectivity index (χ1) is 5.00. The molecule has 68 valence electrons. The summed E-state index contributed by atoms with van der Waals surface area (Å²) in [5.74, 6) is 0.484. The molecule has 0 bridgehead atoms. The molecule has 11 heavy (non-hydrogen) atoms. The summed E-state index contributed by atoms with van der Waals surface area (Å²) in [6, 6.07) is 0.910. The van der Waals surface area contributed by atoms with Gasteiger partial charge in [-0.25, -0.2) is 0 Å². The molecule has 3 heteroatoms. The highest BCUT2D eigenvalue weighted by atomic mass is 35.5. The molecule has 0 amide bonds. The van der Waals surface area contributed by atoms with Gasteiger partial charge in [-0.3, -0.25) is 4.90 Å². The van der Waals surface area contributed by atoms with Crippen LogP contribution in [0.5, 0.6) is 0 Å². The second kappa shape index (κ2) is 5.23. The lowest BCUT2D eigenvalue weighted by Crippen LogP contribution is -2.43.